The Morgan fingerprint density at radius 2 is 1.96 bits per heavy atom. The Hall–Kier alpha value is -2.39. The highest BCUT2D eigenvalue weighted by molar-refractivity contribution is 6.31. The number of amides is 1. The largest absolute Gasteiger partial charge is 0.417 e. The first-order valence-electron chi connectivity index (χ1n) is 7.54. The van der Waals surface area contributed by atoms with Crippen LogP contribution in [-0.2, 0) is 10.9 Å². The molecule has 140 valence electrons. The molecule has 1 aromatic heterocycles. The molecule has 0 radical (unpaired) electrons. The van der Waals surface area contributed by atoms with Crippen molar-refractivity contribution in [2.45, 2.75) is 12.6 Å². The van der Waals surface area contributed by atoms with Crippen LogP contribution in [0.1, 0.15) is 22.3 Å². The lowest BCUT2D eigenvalue weighted by molar-refractivity contribution is -0.137. The van der Waals surface area contributed by atoms with Crippen molar-refractivity contribution in [3.05, 3.63) is 46.7 Å². The molecule has 26 heavy (non-hydrogen) atoms. The average Bonchev–Trinajstić information content (AvgIpc) is 2.60. The van der Waals surface area contributed by atoms with E-state index >= 15 is 0 Å². The Bertz CT molecular complexity index is 754. The van der Waals surface area contributed by atoms with E-state index in [1.54, 1.807) is 7.11 Å². The molecule has 2 N–H and O–H groups in total. The van der Waals surface area contributed by atoms with Crippen LogP contribution in [0.3, 0.4) is 0 Å². The third-order valence-corrected chi connectivity index (χ3v) is 3.58. The standard InChI is InChI=1S/C16H16ClF3N4O2/c1-26-6-2-5-21-14(25)10-8-22-15(23-9-10)24-11-3-4-13(17)12(7-11)16(18,19)20/h3-4,7-9H,2,5-6H2,1H3,(H,21,25)(H,22,23,24). The molecule has 2 aromatic rings. The summed E-state index contributed by atoms with van der Waals surface area (Å²) in [5.41, 5.74) is -0.602. The quantitative estimate of drug-likeness (QED) is 0.708. The monoisotopic (exact) mass is 388 g/mol. The number of benzene rings is 1. The molecule has 1 heterocycles. The van der Waals surface area contributed by atoms with Gasteiger partial charge in [0.25, 0.3) is 5.91 Å². The summed E-state index contributed by atoms with van der Waals surface area (Å²) in [4.78, 5) is 19.7. The van der Waals surface area contributed by atoms with Crippen LogP contribution in [0.15, 0.2) is 30.6 Å². The van der Waals surface area contributed by atoms with Crippen molar-refractivity contribution in [2.24, 2.45) is 0 Å². The molecule has 1 aromatic carbocycles. The fourth-order valence-corrected chi connectivity index (χ4v) is 2.20. The number of nitrogens with zero attached hydrogens (tertiary/aromatic N) is 2. The number of methoxy groups -OCH3 is 1. The van der Waals surface area contributed by atoms with Crippen molar-refractivity contribution >= 4 is 29.1 Å². The van der Waals surface area contributed by atoms with Gasteiger partial charge in [0.2, 0.25) is 5.95 Å². The maximum absolute atomic E-state index is 12.9. The van der Waals surface area contributed by atoms with E-state index in [1.165, 1.54) is 18.5 Å². The van der Waals surface area contributed by atoms with E-state index in [2.05, 4.69) is 20.6 Å². The van der Waals surface area contributed by atoms with Gasteiger partial charge in [-0.15, -0.1) is 0 Å². The molecule has 0 bridgehead atoms. The van der Waals surface area contributed by atoms with Gasteiger partial charge >= 0.3 is 6.18 Å². The van der Waals surface area contributed by atoms with Gasteiger partial charge in [0.05, 0.1) is 16.1 Å². The topological polar surface area (TPSA) is 76.1 Å². The van der Waals surface area contributed by atoms with Crippen LogP contribution in [-0.4, -0.2) is 36.1 Å². The molecule has 2 rings (SSSR count). The van der Waals surface area contributed by atoms with Gasteiger partial charge in [-0.25, -0.2) is 9.97 Å². The maximum Gasteiger partial charge on any atom is 0.417 e. The zero-order valence-corrected chi connectivity index (χ0v) is 14.5. The molecule has 0 saturated carbocycles. The predicted octanol–water partition coefficient (Wildman–Crippen LogP) is 3.66. The van der Waals surface area contributed by atoms with Gasteiger partial charge in [0, 0.05) is 38.3 Å². The summed E-state index contributed by atoms with van der Waals surface area (Å²) in [5.74, 6) is -0.296. The normalized spacial score (nSPS) is 11.3. The second-order valence-electron chi connectivity index (χ2n) is 5.21. The molecule has 0 aliphatic heterocycles. The second kappa shape index (κ2) is 8.81. The lowest BCUT2D eigenvalue weighted by Crippen LogP contribution is -2.25. The fraction of sp³-hybridized carbons (Fsp3) is 0.312. The predicted molar refractivity (Wildman–Crippen MR) is 90.6 cm³/mol. The van der Waals surface area contributed by atoms with Crippen molar-refractivity contribution in [3.63, 3.8) is 0 Å². The van der Waals surface area contributed by atoms with Crippen LogP contribution in [0.4, 0.5) is 24.8 Å². The molecular formula is C16H16ClF3N4O2. The average molecular weight is 389 g/mol. The second-order valence-corrected chi connectivity index (χ2v) is 5.62. The van der Waals surface area contributed by atoms with E-state index < -0.39 is 16.8 Å². The van der Waals surface area contributed by atoms with Crippen LogP contribution in [0.5, 0.6) is 0 Å². The Labute approximate surface area is 152 Å². The van der Waals surface area contributed by atoms with Gasteiger partial charge < -0.3 is 15.4 Å². The number of rotatable bonds is 7. The number of hydrogen-bond acceptors (Lipinski definition) is 5. The Morgan fingerprint density at radius 1 is 1.27 bits per heavy atom. The van der Waals surface area contributed by atoms with Gasteiger partial charge in [-0.05, 0) is 24.6 Å². The van der Waals surface area contributed by atoms with Gasteiger partial charge in [-0.2, -0.15) is 13.2 Å². The molecule has 0 aliphatic carbocycles. The molecule has 0 fully saturated rings. The number of ether oxygens (including phenoxy) is 1. The summed E-state index contributed by atoms with van der Waals surface area (Å²) >= 11 is 5.57. The summed E-state index contributed by atoms with van der Waals surface area (Å²) in [7, 11) is 1.57. The number of carbonyl (C=O) groups excluding carboxylic acids is 1. The molecule has 10 heteroatoms. The van der Waals surface area contributed by atoms with E-state index in [1.807, 2.05) is 0 Å². The van der Waals surface area contributed by atoms with Crippen molar-refractivity contribution in [1.82, 2.24) is 15.3 Å². The van der Waals surface area contributed by atoms with E-state index in [-0.39, 0.29) is 23.1 Å². The van der Waals surface area contributed by atoms with E-state index in [4.69, 9.17) is 16.3 Å². The van der Waals surface area contributed by atoms with Crippen LogP contribution in [0.25, 0.3) is 0 Å². The third-order valence-electron chi connectivity index (χ3n) is 3.25. The zero-order chi connectivity index (χ0) is 19.2. The number of hydrogen-bond donors (Lipinski definition) is 2. The summed E-state index contributed by atoms with van der Waals surface area (Å²) in [5, 5.41) is 4.92. The molecule has 0 spiro atoms. The Kier molecular flexibility index (Phi) is 6.76. The summed E-state index contributed by atoms with van der Waals surface area (Å²) < 4.78 is 43.5. The highest BCUT2D eigenvalue weighted by Gasteiger charge is 2.33. The number of aromatic nitrogens is 2. The number of halogens is 4. The zero-order valence-electron chi connectivity index (χ0n) is 13.7. The molecule has 0 saturated heterocycles. The minimum absolute atomic E-state index is 0.0522. The van der Waals surface area contributed by atoms with Gasteiger partial charge in [0.1, 0.15) is 0 Å². The lowest BCUT2D eigenvalue weighted by atomic mass is 10.2. The SMILES string of the molecule is COCCCNC(=O)c1cnc(Nc2ccc(Cl)c(C(F)(F)F)c2)nc1. The van der Waals surface area contributed by atoms with Crippen LogP contribution < -0.4 is 10.6 Å². The third kappa shape index (κ3) is 5.57. The van der Waals surface area contributed by atoms with Crippen molar-refractivity contribution < 1.29 is 22.7 Å². The molecule has 1 amide bonds. The maximum atomic E-state index is 12.9. The summed E-state index contributed by atoms with van der Waals surface area (Å²) in [6, 6.07) is 3.37. The highest BCUT2D eigenvalue weighted by atomic mass is 35.5. The summed E-state index contributed by atoms with van der Waals surface area (Å²) in [6.07, 6.45) is -1.34. The van der Waals surface area contributed by atoms with Crippen molar-refractivity contribution in [3.8, 4) is 0 Å². The molecule has 6 nitrogen and oxygen atoms in total. The summed E-state index contributed by atoms with van der Waals surface area (Å²) in [6.45, 7) is 0.971. The van der Waals surface area contributed by atoms with Crippen molar-refractivity contribution in [1.29, 1.82) is 0 Å². The van der Waals surface area contributed by atoms with E-state index in [0.29, 0.717) is 19.6 Å². The molecular weight excluding hydrogens is 373 g/mol. The number of nitrogens with one attached hydrogen (secondary N) is 2. The minimum atomic E-state index is -4.57. The first-order valence-corrected chi connectivity index (χ1v) is 7.92. The van der Waals surface area contributed by atoms with E-state index in [9.17, 15) is 18.0 Å². The van der Waals surface area contributed by atoms with Gasteiger partial charge in [-0.1, -0.05) is 11.6 Å². The Balaban J connectivity index is 2.02. The molecule has 0 atom stereocenters. The lowest BCUT2D eigenvalue weighted by Gasteiger charge is -2.11. The molecule has 0 aliphatic rings. The van der Waals surface area contributed by atoms with Crippen LogP contribution in [0, 0.1) is 0 Å². The first kappa shape index (κ1) is 19.9. The van der Waals surface area contributed by atoms with Gasteiger partial charge in [0.15, 0.2) is 0 Å². The highest BCUT2D eigenvalue weighted by Crippen LogP contribution is 2.36. The first-order chi connectivity index (χ1) is 12.3. The van der Waals surface area contributed by atoms with E-state index in [0.717, 1.165) is 12.1 Å². The van der Waals surface area contributed by atoms with Crippen molar-refractivity contribution in [2.75, 3.05) is 25.6 Å². The number of alkyl halides is 3. The van der Waals surface area contributed by atoms with Crippen LogP contribution >= 0.6 is 11.6 Å². The van der Waals surface area contributed by atoms with Crippen LogP contribution in [0.2, 0.25) is 5.02 Å². The van der Waals surface area contributed by atoms with Gasteiger partial charge in [-0.3, -0.25) is 4.79 Å². The Morgan fingerprint density at radius 3 is 2.58 bits per heavy atom. The molecule has 0 unspecified atom stereocenters. The number of anilines is 2. The minimum Gasteiger partial charge on any atom is -0.385 e. The smallest absolute Gasteiger partial charge is 0.385 e. The number of carbonyl (C=O) groups is 1. The fourth-order valence-electron chi connectivity index (χ4n) is 1.98.